The highest BCUT2D eigenvalue weighted by atomic mass is 16.4. The minimum Gasteiger partial charge on any atom is -0.423 e. The third-order valence-electron chi connectivity index (χ3n) is 4.66. The molecule has 27 heavy (non-hydrogen) atoms. The third-order valence-corrected chi connectivity index (χ3v) is 4.66. The maximum absolute atomic E-state index is 12.9. The van der Waals surface area contributed by atoms with Gasteiger partial charge in [0, 0.05) is 19.8 Å². The Morgan fingerprint density at radius 3 is 2.22 bits per heavy atom. The van der Waals surface area contributed by atoms with Crippen LogP contribution < -0.4 is 16.6 Å². The van der Waals surface area contributed by atoms with Crippen LogP contribution >= 0.6 is 0 Å². The largest absolute Gasteiger partial charge is 0.423 e. The Balaban J connectivity index is 2.07. The van der Waals surface area contributed by atoms with Gasteiger partial charge in [-0.05, 0) is 24.6 Å². The Morgan fingerprint density at radius 2 is 1.56 bits per heavy atom. The van der Waals surface area contributed by atoms with Crippen LogP contribution in [-0.2, 0) is 14.1 Å². The lowest BCUT2D eigenvalue weighted by atomic mass is 10.0. The molecule has 2 heterocycles. The van der Waals surface area contributed by atoms with Crippen LogP contribution in [0.25, 0.3) is 22.2 Å². The second kappa shape index (κ2) is 6.32. The molecular weight excluding hydrogens is 342 g/mol. The van der Waals surface area contributed by atoms with Crippen molar-refractivity contribution >= 4 is 22.7 Å². The molecule has 1 N–H and O–H groups in total. The van der Waals surface area contributed by atoms with E-state index in [4.69, 9.17) is 4.42 Å². The van der Waals surface area contributed by atoms with Crippen molar-refractivity contribution in [1.82, 2.24) is 9.13 Å². The van der Waals surface area contributed by atoms with E-state index in [-0.39, 0.29) is 11.3 Å². The highest BCUT2D eigenvalue weighted by Crippen LogP contribution is 2.37. The summed E-state index contributed by atoms with van der Waals surface area (Å²) >= 11 is 0. The second-order valence-electron chi connectivity index (χ2n) is 6.55. The fraction of sp³-hybridized carbons (Fsp3) is 0.143. The lowest BCUT2D eigenvalue weighted by Crippen LogP contribution is -2.36. The molecule has 0 saturated heterocycles. The van der Waals surface area contributed by atoms with Crippen molar-refractivity contribution in [3.63, 3.8) is 0 Å². The van der Waals surface area contributed by atoms with E-state index < -0.39 is 5.69 Å². The molecule has 0 amide bonds. The lowest BCUT2D eigenvalue weighted by molar-refractivity contribution is 0.577. The molecule has 2 aromatic heterocycles. The Labute approximate surface area is 155 Å². The van der Waals surface area contributed by atoms with Crippen LogP contribution in [0.2, 0.25) is 0 Å². The zero-order valence-corrected chi connectivity index (χ0v) is 15.3. The highest BCUT2D eigenvalue weighted by molar-refractivity contribution is 5.99. The number of hydrogen-bond donors (Lipinski definition) is 1. The van der Waals surface area contributed by atoms with Gasteiger partial charge in [0.25, 0.3) is 5.56 Å². The van der Waals surface area contributed by atoms with E-state index >= 15 is 0 Å². The van der Waals surface area contributed by atoms with Gasteiger partial charge in [0.2, 0.25) is 11.6 Å². The zero-order valence-electron chi connectivity index (χ0n) is 15.3. The van der Waals surface area contributed by atoms with Crippen LogP contribution in [0.3, 0.4) is 0 Å². The van der Waals surface area contributed by atoms with E-state index in [1.807, 2.05) is 61.5 Å². The average molecular weight is 361 g/mol. The topological polar surface area (TPSA) is 69.2 Å². The predicted molar refractivity (Wildman–Crippen MR) is 107 cm³/mol. The van der Waals surface area contributed by atoms with Gasteiger partial charge in [-0.15, -0.1) is 0 Å². The van der Waals surface area contributed by atoms with Gasteiger partial charge in [-0.2, -0.15) is 0 Å². The molecule has 0 spiro atoms. The lowest BCUT2D eigenvalue weighted by Gasteiger charge is -2.07. The molecule has 4 aromatic rings. The third kappa shape index (κ3) is 2.75. The SMILES string of the molecule is Cc1ccc(-c2c(Nc3ccccc3)oc3c2c(=O)n(C)c(=O)n3C)cc1. The number of rotatable bonds is 3. The van der Waals surface area contributed by atoms with E-state index in [1.165, 1.54) is 11.6 Å². The number of nitrogens with zero attached hydrogens (tertiary/aromatic N) is 2. The van der Waals surface area contributed by atoms with E-state index in [1.54, 1.807) is 7.05 Å². The van der Waals surface area contributed by atoms with Gasteiger partial charge in [0.15, 0.2) is 0 Å². The molecule has 0 aliphatic heterocycles. The van der Waals surface area contributed by atoms with Crippen LogP contribution in [0.15, 0.2) is 68.6 Å². The molecule has 0 unspecified atom stereocenters. The summed E-state index contributed by atoms with van der Waals surface area (Å²) in [4.78, 5) is 25.2. The molecule has 6 nitrogen and oxygen atoms in total. The number of aromatic nitrogens is 2. The second-order valence-corrected chi connectivity index (χ2v) is 6.55. The summed E-state index contributed by atoms with van der Waals surface area (Å²) in [5, 5.41) is 3.61. The first kappa shape index (κ1) is 16.9. The fourth-order valence-corrected chi connectivity index (χ4v) is 3.16. The summed E-state index contributed by atoms with van der Waals surface area (Å²) in [6.45, 7) is 2.00. The van der Waals surface area contributed by atoms with Crippen LogP contribution in [0.1, 0.15) is 5.56 Å². The molecule has 0 saturated carbocycles. The number of anilines is 2. The number of aryl methyl sites for hydroxylation is 2. The molecule has 0 atom stereocenters. The smallest absolute Gasteiger partial charge is 0.333 e. The summed E-state index contributed by atoms with van der Waals surface area (Å²) in [6.07, 6.45) is 0. The first-order valence-corrected chi connectivity index (χ1v) is 8.59. The molecule has 0 fully saturated rings. The molecule has 0 bridgehead atoms. The quantitative estimate of drug-likeness (QED) is 0.606. The molecule has 0 aliphatic carbocycles. The average Bonchev–Trinajstić information content (AvgIpc) is 3.05. The maximum atomic E-state index is 12.9. The van der Waals surface area contributed by atoms with Crippen molar-refractivity contribution in [2.75, 3.05) is 5.32 Å². The molecule has 6 heteroatoms. The van der Waals surface area contributed by atoms with Gasteiger partial charge >= 0.3 is 5.69 Å². The van der Waals surface area contributed by atoms with Gasteiger partial charge in [0.1, 0.15) is 5.39 Å². The molecule has 4 rings (SSSR count). The Hall–Kier alpha value is -3.54. The van der Waals surface area contributed by atoms with Crippen molar-refractivity contribution in [2.24, 2.45) is 14.1 Å². The van der Waals surface area contributed by atoms with Gasteiger partial charge in [-0.1, -0.05) is 48.0 Å². The summed E-state index contributed by atoms with van der Waals surface area (Å²) in [6, 6.07) is 17.4. The van der Waals surface area contributed by atoms with E-state index in [0.29, 0.717) is 16.8 Å². The van der Waals surface area contributed by atoms with Gasteiger partial charge in [0.05, 0.1) is 5.56 Å². The van der Waals surface area contributed by atoms with Crippen molar-refractivity contribution in [1.29, 1.82) is 0 Å². The molecule has 0 radical (unpaired) electrons. The minimum absolute atomic E-state index is 0.247. The van der Waals surface area contributed by atoms with E-state index in [9.17, 15) is 9.59 Å². The van der Waals surface area contributed by atoms with Crippen molar-refractivity contribution < 1.29 is 4.42 Å². The molecule has 2 aromatic carbocycles. The first-order valence-electron chi connectivity index (χ1n) is 8.59. The number of nitrogens with one attached hydrogen (secondary N) is 1. The number of hydrogen-bond acceptors (Lipinski definition) is 4. The molecule has 0 aliphatic rings. The van der Waals surface area contributed by atoms with Crippen LogP contribution in [-0.4, -0.2) is 9.13 Å². The molecular formula is C21H19N3O3. The van der Waals surface area contributed by atoms with Crippen molar-refractivity contribution in [2.45, 2.75) is 6.92 Å². The number of furan rings is 1. The Morgan fingerprint density at radius 1 is 0.889 bits per heavy atom. The Bertz CT molecular complexity index is 1250. The standard InChI is InChI=1S/C21H19N3O3/c1-13-9-11-14(12-10-13)16-17-19(25)23(2)21(26)24(3)20(17)27-18(16)22-15-7-5-4-6-8-15/h4-12,22H,1-3H3. The first-order chi connectivity index (χ1) is 13.0. The molecule has 136 valence electrons. The van der Waals surface area contributed by atoms with Crippen LogP contribution in [0.5, 0.6) is 0 Å². The van der Waals surface area contributed by atoms with Gasteiger partial charge < -0.3 is 9.73 Å². The predicted octanol–water partition coefficient (Wildman–Crippen LogP) is 3.55. The van der Waals surface area contributed by atoms with E-state index in [2.05, 4.69) is 5.32 Å². The summed E-state index contributed by atoms with van der Waals surface area (Å²) in [5.74, 6) is 0.429. The summed E-state index contributed by atoms with van der Waals surface area (Å²) < 4.78 is 8.42. The highest BCUT2D eigenvalue weighted by Gasteiger charge is 2.23. The normalized spacial score (nSPS) is 11.1. The van der Waals surface area contributed by atoms with Gasteiger partial charge in [-0.25, -0.2) is 4.79 Å². The summed E-state index contributed by atoms with van der Waals surface area (Å²) in [7, 11) is 3.07. The number of fused-ring (bicyclic) bond motifs is 1. The Kier molecular flexibility index (Phi) is 3.96. The van der Waals surface area contributed by atoms with Crippen LogP contribution in [0.4, 0.5) is 11.6 Å². The van der Waals surface area contributed by atoms with Crippen molar-refractivity contribution in [3.8, 4) is 11.1 Å². The number of para-hydroxylation sites is 1. The van der Waals surface area contributed by atoms with Crippen LogP contribution in [0, 0.1) is 6.92 Å². The van der Waals surface area contributed by atoms with E-state index in [0.717, 1.165) is 21.4 Å². The summed E-state index contributed by atoms with van der Waals surface area (Å²) in [5.41, 5.74) is 2.86. The zero-order chi connectivity index (χ0) is 19.1. The fourth-order valence-electron chi connectivity index (χ4n) is 3.16. The minimum atomic E-state index is -0.428. The number of benzene rings is 2. The van der Waals surface area contributed by atoms with Crippen molar-refractivity contribution in [3.05, 3.63) is 81.0 Å². The van der Waals surface area contributed by atoms with Gasteiger partial charge in [-0.3, -0.25) is 13.9 Å². The maximum Gasteiger partial charge on any atom is 0.333 e. The monoisotopic (exact) mass is 361 g/mol.